The third kappa shape index (κ3) is 1.94. The topological polar surface area (TPSA) is 29.1 Å². The molecule has 0 amide bonds. The van der Waals surface area contributed by atoms with Gasteiger partial charge in [0.25, 0.3) is 0 Å². The lowest BCUT2D eigenvalue weighted by atomic mass is 9.88. The van der Waals surface area contributed by atoms with E-state index in [-0.39, 0.29) is 12.0 Å². The lowest BCUT2D eigenvalue weighted by Crippen LogP contribution is -2.32. The summed E-state index contributed by atoms with van der Waals surface area (Å²) in [5, 5.41) is 3.58. The van der Waals surface area contributed by atoms with E-state index in [4.69, 9.17) is 0 Å². The number of carbonyl (C=O) groups is 1. The summed E-state index contributed by atoms with van der Waals surface area (Å²) in [4.78, 5) is 12.9. The Balaban J connectivity index is 1.66. The van der Waals surface area contributed by atoms with Gasteiger partial charge >= 0.3 is 0 Å². The van der Waals surface area contributed by atoms with Gasteiger partial charge in [-0.15, -0.1) is 0 Å². The van der Waals surface area contributed by atoms with Gasteiger partial charge in [-0.1, -0.05) is 48.5 Å². The number of ketones is 1. The molecular formula is C19H19NO. The number of rotatable bonds is 2. The SMILES string of the molecule is Cc1cccc2c1C(=O)C1C(Cc3ccccc3)NCC21. The molecule has 1 saturated heterocycles. The Morgan fingerprint density at radius 2 is 1.90 bits per heavy atom. The van der Waals surface area contributed by atoms with Gasteiger partial charge in [-0.25, -0.2) is 0 Å². The molecule has 3 atom stereocenters. The standard InChI is InChI=1S/C19H19NO/c1-12-6-5-9-14-15-11-20-16(18(15)19(21)17(12)14)10-13-7-3-2-4-8-13/h2-9,15-16,18,20H,10-11H2,1H3. The zero-order valence-electron chi connectivity index (χ0n) is 12.2. The van der Waals surface area contributed by atoms with Crippen molar-refractivity contribution in [3.05, 3.63) is 70.8 Å². The van der Waals surface area contributed by atoms with Crippen molar-refractivity contribution in [2.75, 3.05) is 6.54 Å². The number of benzene rings is 2. The van der Waals surface area contributed by atoms with Crippen LogP contribution in [-0.2, 0) is 6.42 Å². The van der Waals surface area contributed by atoms with Gasteiger partial charge in [0.2, 0.25) is 0 Å². The van der Waals surface area contributed by atoms with Crippen molar-refractivity contribution in [2.24, 2.45) is 5.92 Å². The van der Waals surface area contributed by atoms with Crippen LogP contribution in [0, 0.1) is 12.8 Å². The number of carbonyl (C=O) groups excluding carboxylic acids is 1. The van der Waals surface area contributed by atoms with Gasteiger partial charge in [0.05, 0.1) is 0 Å². The number of fused-ring (bicyclic) bond motifs is 3. The Hall–Kier alpha value is -1.93. The molecule has 2 nitrogen and oxygen atoms in total. The fourth-order valence-electron chi connectivity index (χ4n) is 4.05. The van der Waals surface area contributed by atoms with Crippen LogP contribution >= 0.6 is 0 Å². The highest BCUT2D eigenvalue weighted by Gasteiger charge is 2.48. The van der Waals surface area contributed by atoms with E-state index in [1.807, 2.05) is 6.07 Å². The molecule has 4 rings (SSSR count). The highest BCUT2D eigenvalue weighted by molar-refractivity contribution is 6.05. The van der Waals surface area contributed by atoms with Gasteiger partial charge in [0.1, 0.15) is 0 Å². The van der Waals surface area contributed by atoms with Gasteiger partial charge in [-0.3, -0.25) is 4.79 Å². The molecule has 2 heteroatoms. The Kier molecular flexibility index (Phi) is 2.93. The van der Waals surface area contributed by atoms with Crippen LogP contribution in [0.3, 0.4) is 0 Å². The molecule has 1 aliphatic carbocycles. The first kappa shape index (κ1) is 12.8. The molecule has 2 aromatic rings. The highest BCUT2D eigenvalue weighted by Crippen LogP contribution is 2.44. The van der Waals surface area contributed by atoms with Crippen LogP contribution in [0.5, 0.6) is 0 Å². The van der Waals surface area contributed by atoms with Gasteiger partial charge in [-0.05, 0) is 30.0 Å². The van der Waals surface area contributed by atoms with Crippen LogP contribution in [0.1, 0.15) is 33.0 Å². The molecule has 1 heterocycles. The van der Waals surface area contributed by atoms with E-state index < -0.39 is 0 Å². The molecule has 0 radical (unpaired) electrons. The van der Waals surface area contributed by atoms with Crippen LogP contribution in [0.25, 0.3) is 0 Å². The predicted molar refractivity (Wildman–Crippen MR) is 83.7 cm³/mol. The number of nitrogens with one attached hydrogen (secondary N) is 1. The van der Waals surface area contributed by atoms with Crippen LogP contribution in [-0.4, -0.2) is 18.4 Å². The van der Waals surface area contributed by atoms with Crippen molar-refractivity contribution in [3.63, 3.8) is 0 Å². The second kappa shape index (κ2) is 4.81. The first-order valence-corrected chi connectivity index (χ1v) is 7.67. The minimum Gasteiger partial charge on any atom is -0.312 e. The number of aryl methyl sites for hydroxylation is 1. The quantitative estimate of drug-likeness (QED) is 0.914. The van der Waals surface area contributed by atoms with E-state index >= 15 is 0 Å². The molecule has 0 bridgehead atoms. The third-order valence-electron chi connectivity index (χ3n) is 5.02. The monoisotopic (exact) mass is 277 g/mol. The number of hydrogen-bond acceptors (Lipinski definition) is 2. The minimum atomic E-state index is 0.112. The molecule has 1 aliphatic heterocycles. The first-order chi connectivity index (χ1) is 10.3. The highest BCUT2D eigenvalue weighted by atomic mass is 16.1. The first-order valence-electron chi connectivity index (χ1n) is 7.67. The molecule has 3 unspecified atom stereocenters. The lowest BCUT2D eigenvalue weighted by Gasteiger charge is -2.17. The average molecular weight is 277 g/mol. The van der Waals surface area contributed by atoms with Crippen LogP contribution in [0.2, 0.25) is 0 Å². The fourth-order valence-corrected chi connectivity index (χ4v) is 4.05. The maximum Gasteiger partial charge on any atom is 0.168 e. The summed E-state index contributed by atoms with van der Waals surface area (Å²) in [6.45, 7) is 2.97. The molecular weight excluding hydrogens is 258 g/mol. The van der Waals surface area contributed by atoms with E-state index in [9.17, 15) is 4.79 Å². The number of hydrogen-bond donors (Lipinski definition) is 1. The van der Waals surface area contributed by atoms with Crippen molar-refractivity contribution in [1.29, 1.82) is 0 Å². The maximum atomic E-state index is 12.9. The summed E-state index contributed by atoms with van der Waals surface area (Å²) in [5.74, 6) is 0.821. The Labute approximate surface area is 125 Å². The van der Waals surface area contributed by atoms with Crippen molar-refractivity contribution in [1.82, 2.24) is 5.32 Å². The largest absolute Gasteiger partial charge is 0.312 e. The second-order valence-electron chi connectivity index (χ2n) is 6.24. The molecule has 106 valence electrons. The molecule has 0 aromatic heterocycles. The summed E-state index contributed by atoms with van der Waals surface area (Å²) in [6, 6.07) is 17.0. The fraction of sp³-hybridized carbons (Fsp3) is 0.316. The smallest absolute Gasteiger partial charge is 0.168 e. The van der Waals surface area contributed by atoms with Crippen LogP contribution < -0.4 is 5.32 Å². The molecule has 2 aliphatic rings. The third-order valence-corrected chi connectivity index (χ3v) is 5.02. The minimum absolute atomic E-state index is 0.112. The van der Waals surface area contributed by atoms with Crippen molar-refractivity contribution < 1.29 is 4.79 Å². The maximum absolute atomic E-state index is 12.9. The van der Waals surface area contributed by atoms with Crippen molar-refractivity contribution >= 4 is 5.78 Å². The van der Waals surface area contributed by atoms with E-state index in [2.05, 4.69) is 54.7 Å². The molecule has 0 spiro atoms. The zero-order valence-corrected chi connectivity index (χ0v) is 12.2. The molecule has 21 heavy (non-hydrogen) atoms. The zero-order chi connectivity index (χ0) is 14.4. The van der Waals surface area contributed by atoms with E-state index in [1.165, 1.54) is 11.1 Å². The van der Waals surface area contributed by atoms with Gasteiger partial charge in [-0.2, -0.15) is 0 Å². The van der Waals surface area contributed by atoms with Crippen molar-refractivity contribution in [2.45, 2.75) is 25.3 Å². The Morgan fingerprint density at radius 1 is 1.10 bits per heavy atom. The molecule has 1 N–H and O–H groups in total. The van der Waals surface area contributed by atoms with Gasteiger partial charge in [0, 0.05) is 30.0 Å². The molecule has 2 aromatic carbocycles. The normalized spacial score (nSPS) is 26.7. The predicted octanol–water partition coefficient (Wildman–Crippen LogP) is 3.11. The second-order valence-corrected chi connectivity index (χ2v) is 6.24. The van der Waals surface area contributed by atoms with Gasteiger partial charge in [0.15, 0.2) is 5.78 Å². The molecule has 1 fully saturated rings. The molecule has 0 saturated carbocycles. The lowest BCUT2D eigenvalue weighted by molar-refractivity contribution is 0.0919. The Morgan fingerprint density at radius 3 is 2.71 bits per heavy atom. The number of Topliss-reactive ketones (excluding diaryl/α,β-unsaturated/α-hetero) is 1. The van der Waals surface area contributed by atoms with Crippen LogP contribution in [0.15, 0.2) is 48.5 Å². The van der Waals surface area contributed by atoms with Crippen LogP contribution in [0.4, 0.5) is 0 Å². The van der Waals surface area contributed by atoms with Gasteiger partial charge < -0.3 is 5.32 Å². The summed E-state index contributed by atoms with van der Waals surface area (Å²) >= 11 is 0. The van der Waals surface area contributed by atoms with E-state index in [1.54, 1.807) is 0 Å². The average Bonchev–Trinajstić information content (AvgIpc) is 3.02. The summed E-state index contributed by atoms with van der Waals surface area (Å²) in [7, 11) is 0. The van der Waals surface area contributed by atoms with E-state index in [0.717, 1.165) is 24.1 Å². The Bertz CT molecular complexity index is 692. The summed E-state index contributed by atoms with van der Waals surface area (Å²) < 4.78 is 0. The van der Waals surface area contributed by atoms with Crippen molar-refractivity contribution in [3.8, 4) is 0 Å². The summed E-state index contributed by atoms with van der Waals surface area (Å²) in [5.41, 5.74) is 4.68. The van der Waals surface area contributed by atoms with E-state index in [0.29, 0.717) is 11.7 Å². The summed E-state index contributed by atoms with van der Waals surface area (Å²) in [6.07, 6.45) is 0.931.